The zero-order chi connectivity index (χ0) is 20.5. The Morgan fingerprint density at radius 3 is 2.72 bits per heavy atom. The number of aromatic nitrogens is 2. The van der Waals surface area contributed by atoms with Crippen LogP contribution in [-0.4, -0.2) is 28.1 Å². The lowest BCUT2D eigenvalue weighted by Crippen LogP contribution is -2.19. The third kappa shape index (κ3) is 7.69. The summed E-state index contributed by atoms with van der Waals surface area (Å²) < 4.78 is 6.83. The van der Waals surface area contributed by atoms with E-state index in [1.807, 2.05) is 49.4 Å². The van der Waals surface area contributed by atoms with E-state index in [2.05, 4.69) is 20.7 Å². The number of furan rings is 1. The van der Waals surface area contributed by atoms with Gasteiger partial charge in [-0.2, -0.15) is 5.10 Å². The summed E-state index contributed by atoms with van der Waals surface area (Å²) in [5.41, 5.74) is 4.52. The molecule has 1 amide bonds. The molecule has 0 saturated heterocycles. The molecule has 10 heteroatoms. The normalized spacial score (nSPS) is 11.9. The minimum Gasteiger partial charge on any atom is -0.465 e. The highest BCUT2D eigenvalue weighted by Crippen LogP contribution is 2.30. The lowest BCUT2D eigenvalue weighted by molar-refractivity contribution is -0.118. The van der Waals surface area contributed by atoms with Gasteiger partial charge in [-0.15, -0.1) is 10.2 Å². The van der Waals surface area contributed by atoms with E-state index in [1.54, 1.807) is 24.2 Å². The molecule has 3 aromatic rings. The van der Waals surface area contributed by atoms with Crippen molar-refractivity contribution < 1.29 is 9.21 Å². The zero-order valence-corrected chi connectivity index (χ0v) is 18.6. The number of nitrogens with zero attached hydrogens (tertiary/aromatic N) is 3. The Hall–Kier alpha value is -2.07. The largest absolute Gasteiger partial charge is 0.465 e. The lowest BCUT2D eigenvalue weighted by Gasteiger charge is -1.98. The predicted octanol–water partition coefficient (Wildman–Crippen LogP) is 5.37. The first-order valence-electron chi connectivity index (χ1n) is 8.46. The lowest BCUT2D eigenvalue weighted by atomic mass is 10.2. The highest BCUT2D eigenvalue weighted by Gasteiger charge is 2.08. The average Bonchev–Trinajstić information content (AvgIpc) is 3.38. The number of nitrogens with one attached hydrogen (secondary N) is 1. The Kier molecular flexibility index (Phi) is 8.36. The van der Waals surface area contributed by atoms with E-state index >= 15 is 0 Å². The standard InChI is InChI=1S/C19H17ClN4O2S3/c1-13(9-16-3-2-8-26-16)10-21-22-17(25)12-28-19-24-23-18(29-19)27-11-14-4-6-15(20)7-5-14/h2-10H,11-12H2,1H3,(H,22,25). The smallest absolute Gasteiger partial charge is 0.250 e. The van der Waals surface area contributed by atoms with Crippen molar-refractivity contribution in [1.29, 1.82) is 0 Å². The summed E-state index contributed by atoms with van der Waals surface area (Å²) in [5, 5.41) is 12.9. The molecular weight excluding hydrogens is 448 g/mol. The van der Waals surface area contributed by atoms with E-state index in [0.29, 0.717) is 0 Å². The van der Waals surface area contributed by atoms with Crippen molar-refractivity contribution in [3.63, 3.8) is 0 Å². The minimum absolute atomic E-state index is 0.206. The van der Waals surface area contributed by atoms with E-state index in [0.717, 1.165) is 36.4 Å². The Bertz CT molecular complexity index is 985. The predicted molar refractivity (Wildman–Crippen MR) is 121 cm³/mol. The maximum absolute atomic E-state index is 11.9. The molecule has 1 aromatic carbocycles. The molecule has 0 fully saturated rings. The van der Waals surface area contributed by atoms with E-state index in [-0.39, 0.29) is 11.7 Å². The zero-order valence-electron chi connectivity index (χ0n) is 15.4. The van der Waals surface area contributed by atoms with Gasteiger partial charge in [-0.05, 0) is 48.4 Å². The SMILES string of the molecule is CC(C=NNC(=O)CSc1nnc(SCc2ccc(Cl)cc2)s1)=Cc1ccco1. The molecule has 0 spiro atoms. The van der Waals surface area contributed by atoms with Gasteiger partial charge in [0.25, 0.3) is 5.91 Å². The van der Waals surface area contributed by atoms with Crippen LogP contribution >= 0.6 is 46.5 Å². The number of carbonyl (C=O) groups is 1. The van der Waals surface area contributed by atoms with Crippen molar-refractivity contribution in [2.24, 2.45) is 5.10 Å². The summed E-state index contributed by atoms with van der Waals surface area (Å²) in [6.45, 7) is 1.87. The van der Waals surface area contributed by atoms with E-state index in [4.69, 9.17) is 16.0 Å². The molecule has 0 saturated carbocycles. The van der Waals surface area contributed by atoms with Crippen LogP contribution in [0.3, 0.4) is 0 Å². The number of hydrazone groups is 1. The van der Waals surface area contributed by atoms with Crippen LogP contribution in [0, 0.1) is 0 Å². The molecule has 0 aliphatic carbocycles. The molecule has 3 rings (SSSR count). The van der Waals surface area contributed by atoms with E-state index in [1.165, 1.54) is 23.1 Å². The van der Waals surface area contributed by atoms with Gasteiger partial charge in [-0.25, -0.2) is 5.43 Å². The molecule has 0 unspecified atom stereocenters. The highest BCUT2D eigenvalue weighted by atomic mass is 35.5. The molecule has 0 radical (unpaired) electrons. The van der Waals surface area contributed by atoms with Crippen molar-refractivity contribution in [1.82, 2.24) is 15.6 Å². The van der Waals surface area contributed by atoms with Crippen LogP contribution in [0.2, 0.25) is 5.02 Å². The first-order chi connectivity index (χ1) is 14.1. The fourth-order valence-electron chi connectivity index (χ4n) is 2.04. The third-order valence-corrected chi connectivity index (χ3v) is 6.87. The molecule has 0 atom stereocenters. The molecule has 6 nitrogen and oxygen atoms in total. The summed E-state index contributed by atoms with van der Waals surface area (Å²) in [6.07, 6.45) is 5.00. The Morgan fingerprint density at radius 2 is 2.00 bits per heavy atom. The number of allylic oxidation sites excluding steroid dienone is 1. The summed E-state index contributed by atoms with van der Waals surface area (Å²) in [5.74, 6) is 1.53. The summed E-state index contributed by atoms with van der Waals surface area (Å²) in [6, 6.07) is 11.4. The summed E-state index contributed by atoms with van der Waals surface area (Å²) >= 11 is 10.3. The van der Waals surface area contributed by atoms with Crippen molar-refractivity contribution >= 4 is 64.7 Å². The fourth-order valence-corrected chi connectivity index (χ4v) is 4.93. The average molecular weight is 465 g/mol. The van der Waals surface area contributed by atoms with Gasteiger partial charge in [0, 0.05) is 10.8 Å². The van der Waals surface area contributed by atoms with Gasteiger partial charge < -0.3 is 4.42 Å². The van der Waals surface area contributed by atoms with Crippen LogP contribution in [0.25, 0.3) is 6.08 Å². The summed E-state index contributed by atoms with van der Waals surface area (Å²) in [7, 11) is 0. The van der Waals surface area contributed by atoms with E-state index < -0.39 is 0 Å². The van der Waals surface area contributed by atoms with Gasteiger partial charge in [0.2, 0.25) is 0 Å². The molecule has 2 aromatic heterocycles. The van der Waals surface area contributed by atoms with Crippen LogP contribution in [0.15, 0.2) is 66.4 Å². The van der Waals surface area contributed by atoms with Gasteiger partial charge in [0.1, 0.15) is 5.76 Å². The number of benzene rings is 1. The second kappa shape index (κ2) is 11.2. The van der Waals surface area contributed by atoms with Crippen LogP contribution < -0.4 is 5.43 Å². The number of hydrogen-bond donors (Lipinski definition) is 1. The maximum atomic E-state index is 11.9. The van der Waals surface area contributed by atoms with Crippen molar-refractivity contribution in [3.8, 4) is 0 Å². The van der Waals surface area contributed by atoms with Crippen LogP contribution in [-0.2, 0) is 10.5 Å². The molecule has 0 aliphatic heterocycles. The molecule has 1 N–H and O–H groups in total. The second-order valence-electron chi connectivity index (χ2n) is 5.73. The number of hydrogen-bond acceptors (Lipinski definition) is 8. The number of thioether (sulfide) groups is 2. The third-order valence-electron chi connectivity index (χ3n) is 3.36. The number of rotatable bonds is 9. The quantitative estimate of drug-likeness (QED) is 0.260. The minimum atomic E-state index is -0.206. The number of halogens is 1. The van der Waals surface area contributed by atoms with Crippen LogP contribution in [0.1, 0.15) is 18.2 Å². The van der Waals surface area contributed by atoms with Gasteiger partial charge in [-0.1, -0.05) is 58.6 Å². The maximum Gasteiger partial charge on any atom is 0.250 e. The molecule has 0 aliphatic rings. The topological polar surface area (TPSA) is 80.4 Å². The van der Waals surface area contributed by atoms with Crippen molar-refractivity contribution in [3.05, 3.63) is 64.6 Å². The Morgan fingerprint density at radius 1 is 1.24 bits per heavy atom. The molecule has 0 bridgehead atoms. The second-order valence-corrected chi connectivity index (χ2v) is 9.59. The Balaban J connectivity index is 1.39. The molecule has 150 valence electrons. The Labute approximate surface area is 185 Å². The van der Waals surface area contributed by atoms with Crippen molar-refractivity contribution in [2.75, 3.05) is 5.75 Å². The first-order valence-corrected chi connectivity index (χ1v) is 11.6. The van der Waals surface area contributed by atoms with Gasteiger partial charge in [0.05, 0.1) is 18.2 Å². The number of carbonyl (C=O) groups excluding carboxylic acids is 1. The van der Waals surface area contributed by atoms with Gasteiger partial charge in [0.15, 0.2) is 8.68 Å². The van der Waals surface area contributed by atoms with Crippen LogP contribution in [0.4, 0.5) is 0 Å². The molecule has 29 heavy (non-hydrogen) atoms. The molecular formula is C19H17ClN4O2S3. The highest BCUT2D eigenvalue weighted by molar-refractivity contribution is 8.03. The van der Waals surface area contributed by atoms with Gasteiger partial charge in [-0.3, -0.25) is 4.79 Å². The van der Waals surface area contributed by atoms with Gasteiger partial charge >= 0.3 is 0 Å². The molecule has 2 heterocycles. The van der Waals surface area contributed by atoms with Crippen molar-refractivity contribution in [2.45, 2.75) is 21.4 Å². The summed E-state index contributed by atoms with van der Waals surface area (Å²) in [4.78, 5) is 11.9. The monoisotopic (exact) mass is 464 g/mol. The fraction of sp³-hybridized carbons (Fsp3) is 0.158. The van der Waals surface area contributed by atoms with E-state index in [9.17, 15) is 4.79 Å². The van der Waals surface area contributed by atoms with Crippen LogP contribution in [0.5, 0.6) is 0 Å². The number of amides is 1. The first kappa shape index (κ1) is 21.6.